The van der Waals surface area contributed by atoms with Gasteiger partial charge in [-0.15, -0.1) is 0 Å². The van der Waals surface area contributed by atoms with Crippen LogP contribution in [0.25, 0.3) is 0 Å². The van der Waals surface area contributed by atoms with Crippen LogP contribution < -0.4 is 5.32 Å². The van der Waals surface area contributed by atoms with E-state index in [1.807, 2.05) is 13.2 Å². The van der Waals surface area contributed by atoms with Crippen LogP contribution in [0.2, 0.25) is 0 Å². The van der Waals surface area contributed by atoms with E-state index in [4.69, 9.17) is 0 Å². The van der Waals surface area contributed by atoms with Crippen molar-refractivity contribution in [3.05, 3.63) is 48.1 Å². The van der Waals surface area contributed by atoms with Gasteiger partial charge in [-0.2, -0.15) is 0 Å². The van der Waals surface area contributed by atoms with Crippen LogP contribution in [0.1, 0.15) is 24.4 Å². The van der Waals surface area contributed by atoms with E-state index in [9.17, 15) is 4.39 Å². The molecule has 4 nitrogen and oxygen atoms in total. The van der Waals surface area contributed by atoms with Crippen molar-refractivity contribution in [1.29, 1.82) is 0 Å². The summed E-state index contributed by atoms with van der Waals surface area (Å²) < 4.78 is 15.3. The quantitative estimate of drug-likeness (QED) is 0.879. The Morgan fingerprint density at radius 2 is 2.28 bits per heavy atom. The Labute approximate surface area is 106 Å². The molecule has 0 radical (unpaired) electrons. The predicted octanol–water partition coefficient (Wildman–Crippen LogP) is 1.94. The molecule has 96 valence electrons. The number of hydrogen-bond acceptors (Lipinski definition) is 3. The first-order valence-corrected chi connectivity index (χ1v) is 6.02. The summed E-state index contributed by atoms with van der Waals surface area (Å²) in [7, 11) is 1.86. The van der Waals surface area contributed by atoms with Crippen molar-refractivity contribution < 1.29 is 4.39 Å². The van der Waals surface area contributed by atoms with Gasteiger partial charge in [-0.1, -0.05) is 0 Å². The lowest BCUT2D eigenvalue weighted by Gasteiger charge is -2.16. The minimum absolute atomic E-state index is 0.0147. The number of imidazole rings is 1. The Bertz CT molecular complexity index is 509. The third-order valence-corrected chi connectivity index (χ3v) is 3.01. The van der Waals surface area contributed by atoms with E-state index in [1.165, 1.54) is 12.3 Å². The van der Waals surface area contributed by atoms with Crippen LogP contribution in [0.15, 0.2) is 30.9 Å². The van der Waals surface area contributed by atoms with Gasteiger partial charge in [0.05, 0.1) is 6.20 Å². The van der Waals surface area contributed by atoms with Crippen molar-refractivity contribution >= 4 is 0 Å². The molecule has 2 heterocycles. The monoisotopic (exact) mass is 248 g/mol. The van der Waals surface area contributed by atoms with Crippen molar-refractivity contribution in [2.45, 2.75) is 25.9 Å². The van der Waals surface area contributed by atoms with E-state index >= 15 is 0 Å². The Morgan fingerprint density at radius 1 is 1.44 bits per heavy atom. The average Bonchev–Trinajstić information content (AvgIpc) is 2.83. The fourth-order valence-corrected chi connectivity index (χ4v) is 2.01. The van der Waals surface area contributed by atoms with Crippen molar-refractivity contribution in [2.75, 3.05) is 7.05 Å². The standard InChI is InChI=1S/C13H17FN4/c1-3-18-5-4-17-13(18)7-12(15-2)10-6-11(14)9-16-8-10/h4-6,8-9,12,15H,3,7H2,1-2H3. The van der Waals surface area contributed by atoms with Gasteiger partial charge < -0.3 is 9.88 Å². The molecule has 18 heavy (non-hydrogen) atoms. The zero-order chi connectivity index (χ0) is 13.0. The lowest BCUT2D eigenvalue weighted by atomic mass is 10.1. The second-order valence-electron chi connectivity index (χ2n) is 4.11. The molecule has 0 saturated carbocycles. The van der Waals surface area contributed by atoms with Crippen LogP contribution in [0.5, 0.6) is 0 Å². The smallest absolute Gasteiger partial charge is 0.141 e. The normalized spacial score (nSPS) is 12.6. The maximum absolute atomic E-state index is 13.2. The summed E-state index contributed by atoms with van der Waals surface area (Å²) in [5.41, 5.74) is 0.836. The van der Waals surface area contributed by atoms with Gasteiger partial charge in [-0.25, -0.2) is 9.37 Å². The molecule has 0 spiro atoms. The van der Waals surface area contributed by atoms with Crippen molar-refractivity contribution in [3.8, 4) is 0 Å². The summed E-state index contributed by atoms with van der Waals surface area (Å²) in [4.78, 5) is 8.21. The molecule has 2 aromatic heterocycles. The van der Waals surface area contributed by atoms with Crippen molar-refractivity contribution in [1.82, 2.24) is 19.9 Å². The van der Waals surface area contributed by atoms with Crippen LogP contribution in [-0.4, -0.2) is 21.6 Å². The molecule has 0 amide bonds. The molecular weight excluding hydrogens is 231 g/mol. The van der Waals surface area contributed by atoms with E-state index < -0.39 is 0 Å². The summed E-state index contributed by atoms with van der Waals surface area (Å²) in [6, 6.07) is 1.52. The number of nitrogens with one attached hydrogen (secondary N) is 1. The van der Waals surface area contributed by atoms with Gasteiger partial charge in [0.15, 0.2) is 0 Å². The maximum Gasteiger partial charge on any atom is 0.141 e. The number of aryl methyl sites for hydroxylation is 1. The van der Waals surface area contributed by atoms with Crippen LogP contribution >= 0.6 is 0 Å². The van der Waals surface area contributed by atoms with E-state index in [0.717, 1.165) is 17.9 Å². The second kappa shape index (κ2) is 5.73. The van der Waals surface area contributed by atoms with Gasteiger partial charge in [0.2, 0.25) is 0 Å². The molecule has 0 fully saturated rings. The fraction of sp³-hybridized carbons (Fsp3) is 0.385. The largest absolute Gasteiger partial charge is 0.335 e. The highest BCUT2D eigenvalue weighted by atomic mass is 19.1. The lowest BCUT2D eigenvalue weighted by Crippen LogP contribution is -2.21. The first-order chi connectivity index (χ1) is 8.74. The van der Waals surface area contributed by atoms with Crippen LogP contribution in [0.3, 0.4) is 0 Å². The molecule has 0 bridgehead atoms. The van der Waals surface area contributed by atoms with E-state index in [2.05, 4.69) is 26.8 Å². The Hall–Kier alpha value is -1.75. The van der Waals surface area contributed by atoms with Gasteiger partial charge in [0.1, 0.15) is 11.6 Å². The average molecular weight is 248 g/mol. The molecule has 1 atom stereocenters. The minimum atomic E-state index is -0.313. The number of hydrogen-bond donors (Lipinski definition) is 1. The highest BCUT2D eigenvalue weighted by molar-refractivity contribution is 5.16. The second-order valence-corrected chi connectivity index (χ2v) is 4.11. The summed E-state index contributed by atoms with van der Waals surface area (Å²) in [6.07, 6.45) is 7.34. The molecule has 0 aliphatic rings. The van der Waals surface area contributed by atoms with E-state index in [0.29, 0.717) is 6.42 Å². The molecule has 0 aliphatic heterocycles. The minimum Gasteiger partial charge on any atom is -0.335 e. The van der Waals surface area contributed by atoms with Crippen LogP contribution in [0, 0.1) is 5.82 Å². The van der Waals surface area contributed by atoms with Crippen LogP contribution in [0.4, 0.5) is 4.39 Å². The highest BCUT2D eigenvalue weighted by Crippen LogP contribution is 2.17. The topological polar surface area (TPSA) is 42.7 Å². The Morgan fingerprint density at radius 3 is 2.94 bits per heavy atom. The number of rotatable bonds is 5. The molecule has 0 aromatic carbocycles. The SMILES string of the molecule is CCn1ccnc1CC(NC)c1cncc(F)c1. The first kappa shape index (κ1) is 12.7. The van der Waals surface area contributed by atoms with Gasteiger partial charge in [-0.05, 0) is 25.6 Å². The Balaban J connectivity index is 2.20. The third-order valence-electron chi connectivity index (χ3n) is 3.01. The van der Waals surface area contributed by atoms with Crippen molar-refractivity contribution in [2.24, 2.45) is 0 Å². The number of halogens is 1. The summed E-state index contributed by atoms with van der Waals surface area (Å²) in [5.74, 6) is 0.674. The Kier molecular flexibility index (Phi) is 4.04. The maximum atomic E-state index is 13.2. The highest BCUT2D eigenvalue weighted by Gasteiger charge is 2.14. The molecule has 2 rings (SSSR count). The fourth-order valence-electron chi connectivity index (χ4n) is 2.01. The molecule has 0 aliphatic carbocycles. The van der Waals surface area contributed by atoms with E-state index in [-0.39, 0.29) is 11.9 Å². The summed E-state index contributed by atoms with van der Waals surface area (Å²) >= 11 is 0. The number of likely N-dealkylation sites (N-methyl/N-ethyl adjacent to an activating group) is 1. The number of nitrogens with zero attached hydrogens (tertiary/aromatic N) is 3. The van der Waals surface area contributed by atoms with Gasteiger partial charge in [-0.3, -0.25) is 4.98 Å². The molecule has 1 N–H and O–H groups in total. The summed E-state index contributed by atoms with van der Waals surface area (Å²) in [5, 5.41) is 3.18. The molecule has 0 saturated heterocycles. The molecule has 5 heteroatoms. The van der Waals surface area contributed by atoms with Gasteiger partial charge in [0, 0.05) is 37.6 Å². The predicted molar refractivity (Wildman–Crippen MR) is 67.6 cm³/mol. The molecular formula is C13H17FN4. The zero-order valence-electron chi connectivity index (χ0n) is 10.6. The van der Waals surface area contributed by atoms with Gasteiger partial charge >= 0.3 is 0 Å². The van der Waals surface area contributed by atoms with E-state index in [1.54, 1.807) is 12.4 Å². The molecule has 1 unspecified atom stereocenters. The lowest BCUT2D eigenvalue weighted by molar-refractivity contribution is 0.543. The third kappa shape index (κ3) is 2.73. The first-order valence-electron chi connectivity index (χ1n) is 6.02. The van der Waals surface area contributed by atoms with Gasteiger partial charge in [0.25, 0.3) is 0 Å². The van der Waals surface area contributed by atoms with Crippen molar-refractivity contribution in [3.63, 3.8) is 0 Å². The number of pyridine rings is 1. The summed E-state index contributed by atoms with van der Waals surface area (Å²) in [6.45, 7) is 2.95. The molecule has 2 aromatic rings. The zero-order valence-corrected chi connectivity index (χ0v) is 10.6. The number of aromatic nitrogens is 3. The van der Waals surface area contributed by atoms with Crippen LogP contribution in [-0.2, 0) is 13.0 Å².